The first kappa shape index (κ1) is 22.2. The molecule has 2 rings (SSSR count). The molecule has 124 valence electrons. The van der Waals surface area contributed by atoms with Crippen LogP contribution in [0, 0.1) is 6.57 Å². The Morgan fingerprint density at radius 2 is 1.57 bits per heavy atom. The molecule has 0 bridgehead atoms. The van der Waals surface area contributed by atoms with Crippen molar-refractivity contribution in [2.75, 3.05) is 11.5 Å². The average molecular weight is 341 g/mol. The Morgan fingerprint density at radius 3 is 1.96 bits per heavy atom. The maximum Gasteiger partial charge on any atom is 0.271 e. The molecule has 0 saturated heterocycles. The number of amidine groups is 1. The van der Waals surface area contributed by atoms with Crippen molar-refractivity contribution in [2.24, 2.45) is 16.8 Å². The van der Waals surface area contributed by atoms with Crippen LogP contribution in [0.4, 0.5) is 17.5 Å². The van der Waals surface area contributed by atoms with Gasteiger partial charge in [-0.05, 0) is 18.2 Å². The molecule has 0 atom stereocenters. The van der Waals surface area contributed by atoms with Gasteiger partial charge in [0.15, 0.2) is 5.84 Å². The molecule has 0 aliphatic carbocycles. The Bertz CT molecular complexity index is 660. The number of rotatable bonds is 1. The lowest BCUT2D eigenvalue weighted by atomic mass is 10.3. The van der Waals surface area contributed by atoms with Gasteiger partial charge in [-0.2, -0.15) is 0 Å². The van der Waals surface area contributed by atoms with Gasteiger partial charge in [0.2, 0.25) is 5.82 Å². The number of nitrogens with two attached hydrogens (primary N) is 4. The molecule has 0 aromatic carbocycles. The van der Waals surface area contributed by atoms with E-state index in [1.54, 1.807) is 36.4 Å². The predicted octanol–water partition coefficient (Wildman–Crippen LogP) is 0.729. The van der Waals surface area contributed by atoms with Crippen LogP contribution in [0.2, 0.25) is 0 Å². The topological polar surface area (TPSA) is 187 Å². The molecule has 0 saturated carbocycles. The zero-order valence-electron chi connectivity index (χ0n) is 11.9. The number of anilines is 2. The fourth-order valence-corrected chi connectivity index (χ4v) is 1.15. The Kier molecular flexibility index (Phi) is 12.1. The van der Waals surface area contributed by atoms with Crippen LogP contribution in [0.3, 0.4) is 0 Å². The van der Waals surface area contributed by atoms with Gasteiger partial charge in [0, 0.05) is 6.07 Å². The molecule has 10 N–H and O–H groups in total. The third-order valence-electron chi connectivity index (χ3n) is 2.01. The molecule has 11 heteroatoms. The number of aromatic nitrogens is 2. The average Bonchev–Trinajstić information content (AvgIpc) is 2.56. The first-order valence-corrected chi connectivity index (χ1v) is 5.63. The third-order valence-corrected chi connectivity index (χ3v) is 2.01. The zero-order valence-corrected chi connectivity index (χ0v) is 12.7. The number of nitrogen functional groups attached to an aromatic ring is 2. The second-order valence-corrected chi connectivity index (χ2v) is 3.47. The van der Waals surface area contributed by atoms with Crippen LogP contribution in [0.15, 0.2) is 41.6 Å². The lowest BCUT2D eigenvalue weighted by Crippen LogP contribution is -2.15. The molecule has 0 spiro atoms. The van der Waals surface area contributed by atoms with E-state index in [0.717, 1.165) is 0 Å². The third kappa shape index (κ3) is 8.68. The molecule has 23 heavy (non-hydrogen) atoms. The van der Waals surface area contributed by atoms with E-state index in [9.17, 15) is 0 Å². The monoisotopic (exact) mass is 340 g/mol. The van der Waals surface area contributed by atoms with Gasteiger partial charge in [-0.25, -0.2) is 10.9 Å². The Morgan fingerprint density at radius 1 is 1.04 bits per heavy atom. The zero-order chi connectivity index (χ0) is 17.0. The molecule has 0 radical (unpaired) electrons. The number of hydrogen-bond acceptors (Lipinski definition) is 8. The van der Waals surface area contributed by atoms with Crippen molar-refractivity contribution in [1.29, 1.82) is 0 Å². The summed E-state index contributed by atoms with van der Waals surface area (Å²) in [6.45, 7) is 6.55. The molecule has 2 aromatic heterocycles. The summed E-state index contributed by atoms with van der Waals surface area (Å²) >= 11 is 0. The quantitative estimate of drug-likeness (QED) is 0.144. The fourth-order valence-electron chi connectivity index (χ4n) is 1.15. The predicted molar refractivity (Wildman–Crippen MR) is 89.3 cm³/mol. The van der Waals surface area contributed by atoms with E-state index in [0.29, 0.717) is 23.1 Å². The van der Waals surface area contributed by atoms with Crippen molar-refractivity contribution >= 4 is 35.7 Å². The minimum atomic E-state index is -0.0442. The van der Waals surface area contributed by atoms with Gasteiger partial charge in [0.25, 0.3) is 5.82 Å². The lowest BCUT2D eigenvalue weighted by Gasteiger charge is -1.96. The minimum Gasteiger partial charge on any atom is -0.409 e. The summed E-state index contributed by atoms with van der Waals surface area (Å²) in [5.74, 6) is 4.53. The molecule has 2 heterocycles. The van der Waals surface area contributed by atoms with Gasteiger partial charge in [0.05, 0.1) is 0 Å². The maximum atomic E-state index is 8.26. The van der Waals surface area contributed by atoms with Gasteiger partial charge in [0.1, 0.15) is 11.5 Å². The largest absolute Gasteiger partial charge is 0.409 e. The Hall–Kier alpha value is -3.13. The number of oxime groups is 1. The second-order valence-electron chi connectivity index (χ2n) is 3.47. The highest BCUT2D eigenvalue weighted by molar-refractivity contribution is 5.95. The van der Waals surface area contributed by atoms with E-state index < -0.39 is 0 Å². The molecule has 10 nitrogen and oxygen atoms in total. The first-order valence-electron chi connectivity index (χ1n) is 5.63. The van der Waals surface area contributed by atoms with Crippen molar-refractivity contribution in [3.05, 3.63) is 53.5 Å². The van der Waals surface area contributed by atoms with Crippen molar-refractivity contribution < 1.29 is 10.4 Å². The van der Waals surface area contributed by atoms with Gasteiger partial charge >= 0.3 is 0 Å². The van der Waals surface area contributed by atoms with E-state index in [-0.39, 0.29) is 18.2 Å². The second kappa shape index (κ2) is 12.6. The smallest absolute Gasteiger partial charge is 0.271 e. The van der Waals surface area contributed by atoms with E-state index in [4.69, 9.17) is 34.2 Å². The number of nitrogens with zero attached hydrogens (tertiary/aromatic N) is 4. The van der Waals surface area contributed by atoms with Gasteiger partial charge in [-0.15, -0.1) is 17.4 Å². The Balaban J connectivity index is 0. The van der Waals surface area contributed by atoms with E-state index in [1.165, 1.54) is 0 Å². The molecular formula is C12H17ClN8O2. The van der Waals surface area contributed by atoms with Crippen LogP contribution in [0.25, 0.3) is 4.85 Å². The van der Waals surface area contributed by atoms with Gasteiger partial charge < -0.3 is 32.5 Å². The summed E-state index contributed by atoms with van der Waals surface area (Å²) in [5, 5.41) is 17.5. The maximum absolute atomic E-state index is 8.26. The van der Waals surface area contributed by atoms with Crippen LogP contribution in [0.5, 0.6) is 0 Å². The highest BCUT2D eigenvalue weighted by Gasteiger charge is 1.98. The van der Waals surface area contributed by atoms with E-state index in [2.05, 4.69) is 25.9 Å². The molecule has 0 fully saturated rings. The standard InChI is InChI=1S/C6H8N4O.C6H5N3.ClH.H3NO/c7-5-3-1-2-4(9-5)6(8)10-11;1-8-6-4-2-3-5(7)9-6;;1-2/h1-3,11H,(H2,7,9)(H2,8,10);2-4H,(H2,7,9);1H;2H,1H2. The summed E-state index contributed by atoms with van der Waals surface area (Å²) in [4.78, 5) is 10.6. The fraction of sp³-hybridized carbons (Fsp3) is 0. The van der Waals surface area contributed by atoms with Crippen molar-refractivity contribution in [1.82, 2.24) is 9.97 Å². The molecule has 2 aromatic rings. The highest BCUT2D eigenvalue weighted by atomic mass is 35.5. The number of pyridine rings is 2. The van der Waals surface area contributed by atoms with Crippen LogP contribution >= 0.6 is 12.4 Å². The molecule has 0 aliphatic rings. The number of halogens is 1. The van der Waals surface area contributed by atoms with Crippen molar-refractivity contribution in [3.63, 3.8) is 0 Å². The molecule has 0 unspecified atom stereocenters. The van der Waals surface area contributed by atoms with Crippen molar-refractivity contribution in [2.45, 2.75) is 0 Å². The van der Waals surface area contributed by atoms with E-state index >= 15 is 0 Å². The van der Waals surface area contributed by atoms with Crippen LogP contribution in [-0.4, -0.2) is 26.2 Å². The van der Waals surface area contributed by atoms with Gasteiger partial charge in [-0.1, -0.05) is 23.9 Å². The Labute approximate surface area is 138 Å². The van der Waals surface area contributed by atoms with Crippen LogP contribution in [-0.2, 0) is 0 Å². The SMILES string of the molecule is Cl.NC(=NO)c1cccc(N)n1.NO.[C-]#[N+]c1cccc(N)n1. The van der Waals surface area contributed by atoms with E-state index in [1.807, 2.05) is 0 Å². The van der Waals surface area contributed by atoms with Crippen molar-refractivity contribution in [3.8, 4) is 0 Å². The first-order chi connectivity index (χ1) is 10.6. The van der Waals surface area contributed by atoms with Crippen LogP contribution in [0.1, 0.15) is 5.69 Å². The molecule has 0 aliphatic heterocycles. The highest BCUT2D eigenvalue weighted by Crippen LogP contribution is 2.07. The minimum absolute atomic E-state index is 0. The summed E-state index contributed by atoms with van der Waals surface area (Å²) in [7, 11) is 0. The number of hydrogen-bond donors (Lipinski definition) is 6. The summed E-state index contributed by atoms with van der Waals surface area (Å²) in [6, 6.07) is 9.86. The lowest BCUT2D eigenvalue weighted by molar-refractivity contribution is 0.311. The van der Waals surface area contributed by atoms with Crippen LogP contribution < -0.4 is 23.1 Å². The molecule has 0 amide bonds. The summed E-state index contributed by atoms with van der Waals surface area (Å²) < 4.78 is 0. The normalized spacial score (nSPS) is 9.00. The summed E-state index contributed by atoms with van der Waals surface area (Å²) in [5.41, 5.74) is 16.2. The summed E-state index contributed by atoms with van der Waals surface area (Å²) in [6.07, 6.45) is 0. The molecular weight excluding hydrogens is 324 g/mol. The van der Waals surface area contributed by atoms with Gasteiger partial charge in [-0.3, -0.25) is 0 Å².